The maximum Gasteiger partial charge on any atom is 0.410 e. The Hall–Kier alpha value is -3.54. The monoisotopic (exact) mass is 546 g/mol. The minimum atomic E-state index is -2.67. The fourth-order valence-electron chi connectivity index (χ4n) is 4.76. The van der Waals surface area contributed by atoms with E-state index in [-0.39, 0.29) is 36.8 Å². The molecule has 0 bridgehead atoms. The molecule has 3 aromatic rings. The van der Waals surface area contributed by atoms with E-state index in [4.69, 9.17) is 9.47 Å². The average Bonchev–Trinajstić information content (AvgIpc) is 3.20. The number of fused-ring (bicyclic) bond motifs is 1. The van der Waals surface area contributed by atoms with Gasteiger partial charge in [-0.25, -0.2) is 23.4 Å². The molecule has 4 rings (SSSR count). The summed E-state index contributed by atoms with van der Waals surface area (Å²) in [5.41, 5.74) is 0.306. The van der Waals surface area contributed by atoms with Gasteiger partial charge < -0.3 is 23.8 Å². The third kappa shape index (κ3) is 6.38. The van der Waals surface area contributed by atoms with Crippen LogP contribution >= 0.6 is 0 Å². The number of amides is 1. The van der Waals surface area contributed by atoms with Crippen LogP contribution in [0.3, 0.4) is 0 Å². The van der Waals surface area contributed by atoms with Crippen LogP contribution in [0.2, 0.25) is 0 Å². The zero-order valence-electron chi connectivity index (χ0n) is 23.2. The van der Waals surface area contributed by atoms with Gasteiger partial charge in [0.1, 0.15) is 29.2 Å². The van der Waals surface area contributed by atoms with Crippen LogP contribution in [0.25, 0.3) is 11.2 Å². The Balaban J connectivity index is 1.68. The molecule has 1 saturated heterocycles. The van der Waals surface area contributed by atoms with Gasteiger partial charge in [-0.3, -0.25) is 4.57 Å². The Morgan fingerprint density at radius 1 is 1.08 bits per heavy atom. The molecule has 0 unspecified atom stereocenters. The highest BCUT2D eigenvalue weighted by Gasteiger charge is 2.36. The number of hydrogen-bond donors (Lipinski definition) is 0. The number of ether oxygens (including phenoxy) is 2. The number of nitrogens with zero attached hydrogens (tertiary/aromatic N) is 6. The molecule has 2 aromatic heterocycles. The second-order valence-electron chi connectivity index (χ2n) is 10.9. The maximum absolute atomic E-state index is 13.7. The van der Waals surface area contributed by atoms with E-state index in [2.05, 4.69) is 9.97 Å². The van der Waals surface area contributed by atoms with Crippen LogP contribution in [0.1, 0.15) is 46.0 Å². The highest BCUT2D eigenvalue weighted by Crippen LogP contribution is 2.29. The van der Waals surface area contributed by atoms with Gasteiger partial charge in [0.15, 0.2) is 5.82 Å². The fraction of sp³-hybridized carbons (Fsp3) is 0.556. The van der Waals surface area contributed by atoms with Gasteiger partial charge in [-0.2, -0.15) is 4.98 Å². The minimum Gasteiger partial charge on any atom is -0.444 e. The molecule has 1 aliphatic heterocycles. The van der Waals surface area contributed by atoms with Crippen LogP contribution in [0, 0.1) is 0 Å². The van der Waals surface area contributed by atoms with Crippen LogP contribution in [0.4, 0.5) is 19.4 Å². The lowest BCUT2D eigenvalue weighted by atomic mass is 10.1. The number of piperazine rings is 1. The molecule has 10 nitrogen and oxygen atoms in total. The summed E-state index contributed by atoms with van der Waals surface area (Å²) in [6, 6.07) is 9.01. The van der Waals surface area contributed by atoms with Crippen molar-refractivity contribution in [1.82, 2.24) is 24.0 Å². The van der Waals surface area contributed by atoms with Gasteiger partial charge >= 0.3 is 11.8 Å². The zero-order valence-corrected chi connectivity index (χ0v) is 23.2. The van der Waals surface area contributed by atoms with Crippen molar-refractivity contribution in [1.29, 1.82) is 0 Å². The van der Waals surface area contributed by atoms with E-state index >= 15 is 0 Å². The number of benzene rings is 1. The molecule has 3 heterocycles. The highest BCUT2D eigenvalue weighted by molar-refractivity contribution is 5.85. The predicted molar refractivity (Wildman–Crippen MR) is 143 cm³/mol. The molecular formula is C27H36F2N6O4. The van der Waals surface area contributed by atoms with Crippen molar-refractivity contribution in [2.45, 2.75) is 78.5 Å². The number of carbonyl (C=O) groups excluding carboxylic acids is 1. The molecule has 39 heavy (non-hydrogen) atoms. The number of anilines is 1. The van der Waals surface area contributed by atoms with Crippen molar-refractivity contribution in [3.05, 3.63) is 52.2 Å². The van der Waals surface area contributed by atoms with E-state index in [0.717, 1.165) is 5.56 Å². The van der Waals surface area contributed by atoms with Crippen LogP contribution in [-0.4, -0.2) is 67.3 Å². The van der Waals surface area contributed by atoms with E-state index < -0.39 is 30.4 Å². The van der Waals surface area contributed by atoms with Crippen molar-refractivity contribution in [3.63, 3.8) is 0 Å². The summed E-state index contributed by atoms with van der Waals surface area (Å²) in [5, 5.41) is 0. The minimum absolute atomic E-state index is 0.0255. The summed E-state index contributed by atoms with van der Waals surface area (Å²) in [6.07, 6.45) is -3.08. The van der Waals surface area contributed by atoms with Gasteiger partial charge in [0.05, 0.1) is 13.2 Å². The molecule has 0 N–H and O–H groups in total. The smallest absolute Gasteiger partial charge is 0.410 e. The standard InChI is InChI=1S/C27H36F2N6O4/c1-17-13-34(26(37)39-27(3,4)5)18(2)12-33(17)23-22-24(32(6)25(36)31-23)35(14-20(28)29)21(30-22)16-38-15-19-10-8-7-9-11-19/h7-11,17-18,20H,12-16H2,1-6H3/t17-,18+/m0/s1. The van der Waals surface area contributed by atoms with E-state index in [0.29, 0.717) is 24.4 Å². The van der Waals surface area contributed by atoms with E-state index in [9.17, 15) is 18.4 Å². The Labute approximate surface area is 226 Å². The number of rotatable bonds is 7. The van der Waals surface area contributed by atoms with Crippen LogP contribution in [0.5, 0.6) is 0 Å². The molecule has 0 saturated carbocycles. The lowest BCUT2D eigenvalue weighted by molar-refractivity contribution is 0.0130. The van der Waals surface area contributed by atoms with Crippen molar-refractivity contribution in [3.8, 4) is 0 Å². The lowest BCUT2D eigenvalue weighted by Crippen LogP contribution is -2.59. The molecule has 1 fully saturated rings. The van der Waals surface area contributed by atoms with Gasteiger partial charge in [-0.15, -0.1) is 0 Å². The summed E-state index contributed by atoms with van der Waals surface area (Å²) in [7, 11) is 1.49. The summed E-state index contributed by atoms with van der Waals surface area (Å²) in [6.45, 7) is 9.54. The molecule has 1 aliphatic rings. The number of imidazole rings is 1. The Kier molecular flexibility index (Phi) is 8.24. The van der Waals surface area contributed by atoms with Gasteiger partial charge in [0.25, 0.3) is 6.43 Å². The van der Waals surface area contributed by atoms with E-state index in [1.807, 2.05) is 69.9 Å². The molecule has 1 aromatic carbocycles. The normalized spacial score (nSPS) is 18.3. The Bertz CT molecular complexity index is 1370. The summed E-state index contributed by atoms with van der Waals surface area (Å²) < 4.78 is 41.3. The number of carbonyl (C=O) groups is 1. The second kappa shape index (κ2) is 11.3. The van der Waals surface area contributed by atoms with E-state index in [1.165, 1.54) is 16.2 Å². The predicted octanol–water partition coefficient (Wildman–Crippen LogP) is 3.95. The summed E-state index contributed by atoms with van der Waals surface area (Å²) in [4.78, 5) is 38.3. The molecule has 0 spiro atoms. The Morgan fingerprint density at radius 3 is 2.41 bits per heavy atom. The first kappa shape index (κ1) is 28.5. The second-order valence-corrected chi connectivity index (χ2v) is 10.9. The number of alkyl halides is 2. The fourth-order valence-corrected chi connectivity index (χ4v) is 4.76. The van der Waals surface area contributed by atoms with Crippen LogP contribution in [-0.2, 0) is 36.3 Å². The Morgan fingerprint density at radius 2 is 1.77 bits per heavy atom. The lowest BCUT2D eigenvalue weighted by Gasteiger charge is -2.44. The molecular weight excluding hydrogens is 510 g/mol. The van der Waals surface area contributed by atoms with Crippen LogP contribution in [0.15, 0.2) is 35.1 Å². The summed E-state index contributed by atoms with van der Waals surface area (Å²) >= 11 is 0. The first-order valence-electron chi connectivity index (χ1n) is 13.0. The molecule has 0 aliphatic carbocycles. The molecule has 2 atom stereocenters. The number of halogens is 2. The first-order valence-corrected chi connectivity index (χ1v) is 13.0. The average molecular weight is 547 g/mol. The third-order valence-corrected chi connectivity index (χ3v) is 6.59. The molecule has 1 amide bonds. The third-order valence-electron chi connectivity index (χ3n) is 6.59. The van der Waals surface area contributed by atoms with E-state index in [1.54, 1.807) is 4.90 Å². The first-order chi connectivity index (χ1) is 18.4. The topological polar surface area (TPSA) is 94.7 Å². The zero-order chi connectivity index (χ0) is 28.5. The molecule has 0 radical (unpaired) electrons. The maximum atomic E-state index is 13.7. The van der Waals surface area contributed by atoms with Crippen LogP contribution < -0.4 is 10.6 Å². The molecule has 12 heteroatoms. The van der Waals surface area contributed by atoms with Gasteiger partial charge in [-0.1, -0.05) is 30.3 Å². The van der Waals surface area contributed by atoms with Gasteiger partial charge in [-0.05, 0) is 40.2 Å². The summed E-state index contributed by atoms with van der Waals surface area (Å²) in [5.74, 6) is 0.576. The SMILES string of the molecule is C[C@@H]1CN(c2nc(=O)n(C)c3c2nc(COCc2ccccc2)n3CC(F)F)[C@@H](C)CN1C(=O)OC(C)(C)C. The highest BCUT2D eigenvalue weighted by atomic mass is 19.3. The number of hydrogen-bond acceptors (Lipinski definition) is 7. The van der Waals surface area contributed by atoms with Crippen molar-refractivity contribution in [2.75, 3.05) is 18.0 Å². The number of aromatic nitrogens is 4. The van der Waals surface area contributed by atoms with Gasteiger partial charge in [0.2, 0.25) is 0 Å². The number of aryl methyl sites for hydroxylation is 1. The van der Waals surface area contributed by atoms with Gasteiger partial charge in [0, 0.05) is 32.2 Å². The molecule has 212 valence electrons. The van der Waals surface area contributed by atoms with Crippen molar-refractivity contribution < 1.29 is 23.0 Å². The largest absolute Gasteiger partial charge is 0.444 e. The van der Waals surface area contributed by atoms with Crippen molar-refractivity contribution in [2.24, 2.45) is 7.05 Å². The van der Waals surface area contributed by atoms with Crippen molar-refractivity contribution >= 4 is 23.1 Å². The quantitative estimate of drug-likeness (QED) is 0.443.